The first-order chi connectivity index (χ1) is 12.4. The third kappa shape index (κ3) is 5.62. The van der Waals surface area contributed by atoms with Crippen LogP contribution in [0.1, 0.15) is 27.2 Å². The van der Waals surface area contributed by atoms with E-state index in [4.69, 9.17) is 4.74 Å². The molecule has 0 bridgehead atoms. The number of ether oxygens (including phenoxy) is 1. The van der Waals surface area contributed by atoms with Crippen LogP contribution in [0.2, 0.25) is 0 Å². The number of carbonyl (C=O) groups is 1. The standard InChI is InChI=1S/C16H23N3O7S/c1-16(2,3)26-15(21)18-9-8-14(20)13(10-18)17-27(24,25)12-6-4-11(5-7-12)19(22)23/h4-7,13-14,17,20H,8-10H2,1-3H3/t13-,14+/m1/s1. The normalized spacial score (nSPS) is 21.0. The molecule has 1 amide bonds. The molecule has 0 unspecified atom stereocenters. The maximum Gasteiger partial charge on any atom is 0.410 e. The van der Waals surface area contributed by atoms with Crippen molar-refractivity contribution in [1.82, 2.24) is 9.62 Å². The van der Waals surface area contributed by atoms with Crippen molar-refractivity contribution in [1.29, 1.82) is 0 Å². The molecule has 2 rings (SSSR count). The molecule has 11 heteroatoms. The Labute approximate surface area is 157 Å². The molecule has 1 aliphatic rings. The molecule has 0 radical (unpaired) electrons. The summed E-state index contributed by atoms with van der Waals surface area (Å²) in [6.45, 7) is 5.35. The topological polar surface area (TPSA) is 139 Å². The molecule has 10 nitrogen and oxygen atoms in total. The second-order valence-electron chi connectivity index (χ2n) is 7.26. The summed E-state index contributed by atoms with van der Waals surface area (Å²) in [4.78, 5) is 23.4. The number of aliphatic hydroxyl groups excluding tert-OH is 1. The Hall–Kier alpha value is -2.24. The van der Waals surface area contributed by atoms with Gasteiger partial charge in [-0.25, -0.2) is 17.9 Å². The van der Waals surface area contributed by atoms with E-state index in [0.29, 0.717) is 0 Å². The summed E-state index contributed by atoms with van der Waals surface area (Å²) in [5.41, 5.74) is -0.927. The highest BCUT2D eigenvalue weighted by Crippen LogP contribution is 2.19. The summed E-state index contributed by atoms with van der Waals surface area (Å²) in [6.07, 6.45) is -1.38. The number of hydrogen-bond acceptors (Lipinski definition) is 7. The second-order valence-corrected chi connectivity index (χ2v) is 8.98. The number of nitrogens with one attached hydrogen (secondary N) is 1. The van der Waals surface area contributed by atoms with Gasteiger partial charge in [-0.1, -0.05) is 0 Å². The van der Waals surface area contributed by atoms with Crippen LogP contribution in [0.15, 0.2) is 29.2 Å². The number of nitrogens with zero attached hydrogens (tertiary/aromatic N) is 2. The summed E-state index contributed by atoms with van der Waals surface area (Å²) in [6, 6.07) is 3.46. The van der Waals surface area contributed by atoms with E-state index in [1.54, 1.807) is 20.8 Å². The number of sulfonamides is 1. The predicted octanol–water partition coefficient (Wildman–Crippen LogP) is 1.24. The fourth-order valence-corrected chi connectivity index (χ4v) is 3.82. The van der Waals surface area contributed by atoms with Gasteiger partial charge in [0.2, 0.25) is 10.0 Å². The zero-order chi connectivity index (χ0) is 20.4. The first-order valence-corrected chi connectivity index (χ1v) is 9.80. The summed E-state index contributed by atoms with van der Waals surface area (Å²) in [7, 11) is -4.03. The van der Waals surface area contributed by atoms with Crippen LogP contribution in [-0.2, 0) is 14.8 Å². The van der Waals surface area contributed by atoms with Crippen molar-refractivity contribution in [3.05, 3.63) is 34.4 Å². The predicted molar refractivity (Wildman–Crippen MR) is 95.6 cm³/mol. The summed E-state index contributed by atoms with van der Waals surface area (Å²) < 4.78 is 32.6. The molecule has 1 aliphatic heterocycles. The van der Waals surface area contributed by atoms with Crippen LogP contribution in [0.5, 0.6) is 0 Å². The number of rotatable bonds is 4. The first-order valence-electron chi connectivity index (χ1n) is 8.32. The van der Waals surface area contributed by atoms with Crippen LogP contribution in [0, 0.1) is 10.1 Å². The number of amides is 1. The zero-order valence-electron chi connectivity index (χ0n) is 15.3. The summed E-state index contributed by atoms with van der Waals surface area (Å²) in [5.74, 6) is 0. The van der Waals surface area contributed by atoms with E-state index in [2.05, 4.69) is 4.72 Å². The van der Waals surface area contributed by atoms with Gasteiger partial charge in [-0.3, -0.25) is 10.1 Å². The van der Waals surface area contributed by atoms with Crippen molar-refractivity contribution in [2.24, 2.45) is 0 Å². The van der Waals surface area contributed by atoms with Gasteiger partial charge in [0.1, 0.15) is 5.60 Å². The average Bonchev–Trinajstić information content (AvgIpc) is 2.55. The largest absolute Gasteiger partial charge is 0.444 e. The van der Waals surface area contributed by atoms with E-state index in [1.165, 1.54) is 4.90 Å². The smallest absolute Gasteiger partial charge is 0.410 e. The number of piperidine rings is 1. The van der Waals surface area contributed by atoms with Gasteiger partial charge in [-0.15, -0.1) is 0 Å². The molecule has 1 heterocycles. The Bertz CT molecular complexity index is 802. The molecule has 1 aromatic carbocycles. The van der Waals surface area contributed by atoms with E-state index < -0.39 is 38.8 Å². The van der Waals surface area contributed by atoms with Crippen LogP contribution in [-0.4, -0.2) is 60.3 Å². The fourth-order valence-electron chi connectivity index (χ4n) is 2.56. The van der Waals surface area contributed by atoms with Gasteiger partial charge in [0, 0.05) is 25.2 Å². The molecule has 0 spiro atoms. The van der Waals surface area contributed by atoms with Crippen LogP contribution in [0.25, 0.3) is 0 Å². The SMILES string of the molecule is CC(C)(C)OC(=O)N1CC[C@H](O)[C@H](NS(=O)(=O)c2ccc([N+](=O)[O-])cc2)C1. The number of benzene rings is 1. The van der Waals surface area contributed by atoms with E-state index in [-0.39, 0.29) is 30.1 Å². The Kier molecular flexibility index (Phi) is 6.07. The van der Waals surface area contributed by atoms with Crippen LogP contribution < -0.4 is 4.72 Å². The number of aliphatic hydroxyl groups is 1. The quantitative estimate of drug-likeness (QED) is 0.571. The molecule has 0 aromatic heterocycles. The minimum Gasteiger partial charge on any atom is -0.444 e. The maximum atomic E-state index is 12.5. The first kappa shape index (κ1) is 21.1. The Balaban J connectivity index is 2.11. The minimum atomic E-state index is -4.03. The second kappa shape index (κ2) is 7.79. The van der Waals surface area contributed by atoms with E-state index >= 15 is 0 Å². The molecular formula is C16H23N3O7S. The maximum absolute atomic E-state index is 12.5. The minimum absolute atomic E-state index is 0.0533. The molecule has 0 saturated carbocycles. The number of non-ortho nitro benzene ring substituents is 1. The molecule has 1 saturated heterocycles. The van der Waals surface area contributed by atoms with Gasteiger partial charge in [0.05, 0.1) is 22.0 Å². The highest BCUT2D eigenvalue weighted by molar-refractivity contribution is 7.89. The van der Waals surface area contributed by atoms with Gasteiger partial charge in [-0.2, -0.15) is 0 Å². The summed E-state index contributed by atoms with van der Waals surface area (Å²) >= 11 is 0. The van der Waals surface area contributed by atoms with Crippen molar-refractivity contribution in [2.75, 3.05) is 13.1 Å². The van der Waals surface area contributed by atoms with Crippen LogP contribution in [0.3, 0.4) is 0 Å². The number of nitro benzene ring substituents is 1. The summed E-state index contributed by atoms with van der Waals surface area (Å²) in [5, 5.41) is 20.8. The van der Waals surface area contributed by atoms with Crippen LogP contribution >= 0.6 is 0 Å². The number of likely N-dealkylation sites (tertiary alicyclic amines) is 1. The Morgan fingerprint density at radius 3 is 2.44 bits per heavy atom. The number of hydrogen-bond donors (Lipinski definition) is 2. The molecule has 150 valence electrons. The lowest BCUT2D eigenvalue weighted by Gasteiger charge is -2.37. The van der Waals surface area contributed by atoms with Gasteiger partial charge < -0.3 is 14.7 Å². The lowest BCUT2D eigenvalue weighted by molar-refractivity contribution is -0.384. The molecule has 1 aromatic rings. The molecule has 2 N–H and O–H groups in total. The van der Waals surface area contributed by atoms with Crippen molar-refractivity contribution in [2.45, 2.75) is 49.8 Å². The number of nitro groups is 1. The van der Waals surface area contributed by atoms with E-state index in [1.807, 2.05) is 0 Å². The van der Waals surface area contributed by atoms with Crippen molar-refractivity contribution in [3.63, 3.8) is 0 Å². The molecule has 2 atom stereocenters. The third-order valence-electron chi connectivity index (χ3n) is 3.89. The van der Waals surface area contributed by atoms with Gasteiger partial charge >= 0.3 is 6.09 Å². The van der Waals surface area contributed by atoms with Gasteiger partial charge in [0.15, 0.2) is 0 Å². The van der Waals surface area contributed by atoms with E-state index in [9.17, 15) is 28.4 Å². The zero-order valence-corrected chi connectivity index (χ0v) is 16.1. The molecule has 27 heavy (non-hydrogen) atoms. The van der Waals surface area contributed by atoms with E-state index in [0.717, 1.165) is 24.3 Å². The van der Waals surface area contributed by atoms with Gasteiger partial charge in [-0.05, 0) is 39.3 Å². The Morgan fingerprint density at radius 2 is 1.93 bits per heavy atom. The molecular weight excluding hydrogens is 378 g/mol. The average molecular weight is 401 g/mol. The fraction of sp³-hybridized carbons (Fsp3) is 0.562. The lowest BCUT2D eigenvalue weighted by atomic mass is 10.0. The van der Waals surface area contributed by atoms with Crippen molar-refractivity contribution in [3.8, 4) is 0 Å². The Morgan fingerprint density at radius 1 is 1.33 bits per heavy atom. The number of carbonyl (C=O) groups excluding carboxylic acids is 1. The molecule has 0 aliphatic carbocycles. The highest BCUT2D eigenvalue weighted by Gasteiger charge is 2.35. The van der Waals surface area contributed by atoms with Crippen molar-refractivity contribution < 1.29 is 28.0 Å². The highest BCUT2D eigenvalue weighted by atomic mass is 32.2. The molecule has 1 fully saturated rings. The monoisotopic (exact) mass is 401 g/mol. The third-order valence-corrected chi connectivity index (χ3v) is 5.40. The lowest BCUT2D eigenvalue weighted by Crippen LogP contribution is -2.56. The van der Waals surface area contributed by atoms with Gasteiger partial charge in [0.25, 0.3) is 5.69 Å². The van der Waals surface area contributed by atoms with Crippen molar-refractivity contribution >= 4 is 21.8 Å². The van der Waals surface area contributed by atoms with Crippen LogP contribution in [0.4, 0.5) is 10.5 Å².